The van der Waals surface area contributed by atoms with Crippen molar-refractivity contribution in [3.05, 3.63) is 24.8 Å². The van der Waals surface area contributed by atoms with Gasteiger partial charge < -0.3 is 20.5 Å². The zero-order valence-corrected chi connectivity index (χ0v) is 19.4. The van der Waals surface area contributed by atoms with Gasteiger partial charge in [-0.15, -0.1) is 0 Å². The third kappa shape index (κ3) is 3.19. The minimum absolute atomic E-state index is 0.00823. The van der Waals surface area contributed by atoms with Gasteiger partial charge in [0.25, 0.3) is 0 Å². The topological polar surface area (TPSA) is 110 Å². The molecule has 7 nitrogen and oxygen atoms in total. The van der Waals surface area contributed by atoms with E-state index >= 15 is 0 Å². The summed E-state index contributed by atoms with van der Waals surface area (Å²) in [6, 6.07) is 0. The Morgan fingerprint density at radius 3 is 2.75 bits per heavy atom. The highest BCUT2D eigenvalue weighted by Crippen LogP contribution is 2.63. The zero-order valence-electron chi connectivity index (χ0n) is 19.4. The van der Waals surface area contributed by atoms with Gasteiger partial charge in [-0.25, -0.2) is 15.0 Å². The summed E-state index contributed by atoms with van der Waals surface area (Å²) >= 11 is 0. The molecule has 174 valence electrons. The Labute approximate surface area is 190 Å². The smallest absolute Gasteiger partial charge is 0.165 e. The van der Waals surface area contributed by atoms with E-state index in [0.717, 1.165) is 44.3 Å². The van der Waals surface area contributed by atoms with Gasteiger partial charge in [-0.2, -0.15) is 0 Å². The number of allylic oxidation sites excluding steroid dienone is 1. The maximum Gasteiger partial charge on any atom is 0.165 e. The van der Waals surface area contributed by atoms with E-state index in [2.05, 4.69) is 39.9 Å². The van der Waals surface area contributed by atoms with Crippen LogP contribution in [0.25, 0.3) is 11.2 Å². The van der Waals surface area contributed by atoms with Crippen LogP contribution in [0.15, 0.2) is 24.8 Å². The lowest BCUT2D eigenvalue weighted by molar-refractivity contribution is -0.0973. The number of rotatable bonds is 4. The fraction of sp³-hybridized carbons (Fsp3) is 0.720. The van der Waals surface area contributed by atoms with Crippen molar-refractivity contribution in [1.29, 1.82) is 0 Å². The molecule has 7 heteroatoms. The zero-order chi connectivity index (χ0) is 22.7. The predicted octanol–water partition coefficient (Wildman–Crippen LogP) is 3.57. The minimum atomic E-state index is -0.295. The van der Waals surface area contributed by atoms with Crippen LogP contribution in [0.4, 0.5) is 5.82 Å². The highest BCUT2D eigenvalue weighted by atomic mass is 16.3. The van der Waals surface area contributed by atoms with Crippen LogP contribution in [0.3, 0.4) is 0 Å². The molecule has 5 rings (SSSR count). The van der Waals surface area contributed by atoms with Gasteiger partial charge in [-0.05, 0) is 79.4 Å². The summed E-state index contributed by atoms with van der Waals surface area (Å²) in [5.41, 5.74) is 9.09. The molecule has 3 aliphatic carbocycles. The molecule has 3 aliphatic rings. The van der Waals surface area contributed by atoms with E-state index in [0.29, 0.717) is 35.5 Å². The monoisotopic (exact) mass is 439 g/mol. The molecule has 0 aromatic carbocycles. The summed E-state index contributed by atoms with van der Waals surface area (Å²) in [6.07, 6.45) is 10.1. The number of imidazole rings is 1. The number of aliphatic hydroxyl groups excluding tert-OH is 2. The predicted molar refractivity (Wildman–Crippen MR) is 124 cm³/mol. The number of anilines is 1. The van der Waals surface area contributed by atoms with Gasteiger partial charge in [0.2, 0.25) is 0 Å². The maximum absolute atomic E-state index is 10.3. The van der Waals surface area contributed by atoms with Crippen LogP contribution in [0.1, 0.15) is 58.8 Å². The van der Waals surface area contributed by atoms with Crippen LogP contribution in [-0.2, 0) is 6.54 Å². The van der Waals surface area contributed by atoms with Gasteiger partial charge in [-0.1, -0.05) is 26.0 Å². The van der Waals surface area contributed by atoms with Crippen molar-refractivity contribution in [3.8, 4) is 0 Å². The quantitative estimate of drug-likeness (QED) is 0.628. The molecule has 2 aromatic heterocycles. The summed E-state index contributed by atoms with van der Waals surface area (Å²) in [4.78, 5) is 13.1. The Morgan fingerprint density at radius 1 is 1.16 bits per heavy atom. The number of nitrogens with two attached hydrogens (primary N) is 1. The molecular formula is C25H37N5O2. The summed E-state index contributed by atoms with van der Waals surface area (Å²) in [5.74, 6) is 1.99. The number of aromatic nitrogens is 4. The lowest BCUT2D eigenvalue weighted by Crippen LogP contribution is -2.52. The number of aliphatic hydroxyl groups is 2. The van der Waals surface area contributed by atoms with E-state index in [9.17, 15) is 10.2 Å². The van der Waals surface area contributed by atoms with Crippen molar-refractivity contribution in [3.63, 3.8) is 0 Å². The number of hydrogen-bond acceptors (Lipinski definition) is 6. The number of fused-ring (bicyclic) bond motifs is 2. The summed E-state index contributed by atoms with van der Waals surface area (Å²) < 4.78 is 2.16. The SMILES string of the molecule is C=C1CCC2[C@H](Cn3cnc4c(N)ncnc43)C([C@@]3(C)CC[C@H](O)C[C@@H]3CO)CC[C@]12C. The first-order valence-electron chi connectivity index (χ1n) is 12.2. The third-order valence-corrected chi connectivity index (χ3v) is 9.80. The number of nitrogen functional groups attached to an aromatic ring is 1. The lowest BCUT2D eigenvalue weighted by atomic mass is 9.49. The Balaban J connectivity index is 1.55. The second-order valence-electron chi connectivity index (χ2n) is 11.1. The highest BCUT2D eigenvalue weighted by Gasteiger charge is 2.56. The second-order valence-corrected chi connectivity index (χ2v) is 11.1. The van der Waals surface area contributed by atoms with Gasteiger partial charge >= 0.3 is 0 Å². The Morgan fingerprint density at radius 2 is 1.97 bits per heavy atom. The van der Waals surface area contributed by atoms with E-state index in [1.165, 1.54) is 18.3 Å². The van der Waals surface area contributed by atoms with Crippen LogP contribution in [0.5, 0.6) is 0 Å². The van der Waals surface area contributed by atoms with Gasteiger partial charge in [0.1, 0.15) is 11.8 Å². The van der Waals surface area contributed by atoms with Crippen LogP contribution < -0.4 is 5.73 Å². The molecular weight excluding hydrogens is 402 g/mol. The first-order chi connectivity index (χ1) is 15.3. The average molecular weight is 440 g/mol. The largest absolute Gasteiger partial charge is 0.396 e. The van der Waals surface area contributed by atoms with Crippen LogP contribution in [0.2, 0.25) is 0 Å². The highest BCUT2D eigenvalue weighted by molar-refractivity contribution is 5.81. The van der Waals surface area contributed by atoms with Crippen molar-refractivity contribution >= 4 is 17.0 Å². The first kappa shape index (κ1) is 21.8. The summed E-state index contributed by atoms with van der Waals surface area (Å²) in [7, 11) is 0. The van der Waals surface area contributed by atoms with Crippen LogP contribution in [-0.4, -0.2) is 42.4 Å². The Kier molecular flexibility index (Phi) is 5.32. The molecule has 2 aromatic rings. The maximum atomic E-state index is 10.3. The van der Waals surface area contributed by atoms with Crippen molar-refractivity contribution < 1.29 is 10.2 Å². The third-order valence-electron chi connectivity index (χ3n) is 9.80. The molecule has 0 bridgehead atoms. The van der Waals surface area contributed by atoms with Crippen LogP contribution >= 0.6 is 0 Å². The molecule has 2 unspecified atom stereocenters. The molecule has 2 heterocycles. The molecule has 7 atom stereocenters. The summed E-state index contributed by atoms with van der Waals surface area (Å²) in [5, 5.41) is 20.6. The second kappa shape index (κ2) is 7.80. The normalized spacial score (nSPS) is 40.0. The lowest BCUT2D eigenvalue weighted by Gasteiger charge is -2.56. The molecule has 0 spiro atoms. The van der Waals surface area contributed by atoms with Gasteiger partial charge in [0, 0.05) is 13.2 Å². The Hall–Kier alpha value is -1.99. The fourth-order valence-corrected chi connectivity index (χ4v) is 7.70. The molecule has 4 N–H and O–H groups in total. The molecule has 3 saturated carbocycles. The fourth-order valence-electron chi connectivity index (χ4n) is 7.70. The molecule has 0 aliphatic heterocycles. The Bertz CT molecular complexity index is 1020. The van der Waals surface area contributed by atoms with Gasteiger partial charge in [-0.3, -0.25) is 0 Å². The molecule has 32 heavy (non-hydrogen) atoms. The molecule has 0 radical (unpaired) electrons. The van der Waals surface area contributed by atoms with E-state index in [-0.39, 0.29) is 29.5 Å². The summed E-state index contributed by atoms with van der Waals surface area (Å²) in [6.45, 7) is 10.2. The minimum Gasteiger partial charge on any atom is -0.396 e. The van der Waals surface area contributed by atoms with E-state index in [1.807, 2.05) is 6.33 Å². The number of nitrogens with zero attached hydrogens (tertiary/aromatic N) is 4. The van der Waals surface area contributed by atoms with E-state index in [1.54, 1.807) is 0 Å². The van der Waals surface area contributed by atoms with Gasteiger partial charge in [0.15, 0.2) is 11.5 Å². The molecule has 0 saturated heterocycles. The number of hydrogen-bond donors (Lipinski definition) is 3. The van der Waals surface area contributed by atoms with E-state index < -0.39 is 0 Å². The first-order valence-corrected chi connectivity index (χ1v) is 12.2. The van der Waals surface area contributed by atoms with Crippen LogP contribution in [0, 0.1) is 34.5 Å². The van der Waals surface area contributed by atoms with E-state index in [4.69, 9.17) is 5.73 Å². The van der Waals surface area contributed by atoms with Crippen molar-refractivity contribution in [2.45, 2.75) is 71.4 Å². The standard InChI is InChI=1S/C25H37N5O2/c1-15-4-5-19-18(11-30-14-29-21-22(26)27-13-28-23(21)30)20(7-9-24(15,19)2)25(3)8-6-17(32)10-16(25)12-31/h13-14,16-20,31-32H,1,4-12H2,2-3H3,(H2,26,27,28)/t16-,17+,18+,19?,20?,24-,25+/m1/s1. The van der Waals surface area contributed by atoms with Crippen molar-refractivity contribution in [1.82, 2.24) is 19.5 Å². The molecule has 3 fully saturated rings. The average Bonchev–Trinajstić information content (AvgIpc) is 3.32. The van der Waals surface area contributed by atoms with Crippen molar-refractivity contribution in [2.24, 2.45) is 34.5 Å². The van der Waals surface area contributed by atoms with Gasteiger partial charge in [0.05, 0.1) is 12.4 Å². The molecule has 0 amide bonds. The van der Waals surface area contributed by atoms with Crippen molar-refractivity contribution in [2.75, 3.05) is 12.3 Å².